The first-order valence-electron chi connectivity index (χ1n) is 9.70. The van der Waals surface area contributed by atoms with Gasteiger partial charge < -0.3 is 25.8 Å². The summed E-state index contributed by atoms with van der Waals surface area (Å²) in [6.07, 6.45) is 0.657. The molecule has 13 heteroatoms. The maximum absolute atomic E-state index is 13.9. The number of urea groups is 1. The van der Waals surface area contributed by atoms with Crippen LogP contribution in [0.15, 0.2) is 12.1 Å². The summed E-state index contributed by atoms with van der Waals surface area (Å²) < 4.78 is 36.7. The molecule has 0 radical (unpaired) electrons. The number of nitrogens with zero attached hydrogens (tertiary/aromatic N) is 2. The van der Waals surface area contributed by atoms with E-state index in [4.69, 9.17) is 27.2 Å². The van der Waals surface area contributed by atoms with E-state index in [0.29, 0.717) is 26.1 Å². The minimum atomic E-state index is -0.908. The minimum absolute atomic E-state index is 0.0585. The molecule has 0 bridgehead atoms. The van der Waals surface area contributed by atoms with Crippen LogP contribution in [0.2, 0.25) is 5.02 Å². The van der Waals surface area contributed by atoms with Crippen molar-refractivity contribution in [3.05, 3.63) is 39.9 Å². The molecule has 5 N–H and O–H groups in total. The van der Waals surface area contributed by atoms with Gasteiger partial charge in [0, 0.05) is 18.7 Å². The molecule has 0 fully saturated rings. The monoisotopic (exact) mass is 491 g/mol. The number of likely N-dealkylation sites (N-methyl/N-ethyl adjacent to an activating group) is 1. The van der Waals surface area contributed by atoms with Crippen LogP contribution in [0, 0.1) is 11.6 Å². The van der Waals surface area contributed by atoms with E-state index in [-0.39, 0.29) is 33.6 Å². The number of carbonyl (C=O) groups is 2. The smallest absolute Gasteiger partial charge is 0.319 e. The van der Waals surface area contributed by atoms with E-state index in [2.05, 4.69) is 15.0 Å². The molecule has 0 spiro atoms. The Hall–Kier alpha value is -2.54. The van der Waals surface area contributed by atoms with Crippen molar-refractivity contribution in [3.8, 4) is 5.88 Å². The Labute approximate surface area is 192 Å². The first kappa shape index (κ1) is 25.7. The number of benzene rings is 1. The molecular formula is C19H24ClF2N5O4S. The largest absolute Gasteiger partial charge is 0.471 e. The highest BCUT2D eigenvalue weighted by atomic mass is 35.5. The van der Waals surface area contributed by atoms with Crippen LogP contribution in [0.25, 0.3) is 0 Å². The molecule has 1 heterocycles. The second-order valence-electron chi connectivity index (χ2n) is 6.59. The maximum atomic E-state index is 13.9. The van der Waals surface area contributed by atoms with E-state index in [1.54, 1.807) is 0 Å². The second kappa shape index (κ2) is 12.5. The van der Waals surface area contributed by atoms with E-state index >= 15 is 0 Å². The number of nitrogens with two attached hydrogens (primary N) is 1. The van der Waals surface area contributed by atoms with Crippen molar-refractivity contribution in [2.75, 3.05) is 38.1 Å². The van der Waals surface area contributed by atoms with E-state index in [9.17, 15) is 18.4 Å². The van der Waals surface area contributed by atoms with Gasteiger partial charge in [-0.3, -0.25) is 10.1 Å². The molecule has 32 heavy (non-hydrogen) atoms. The average Bonchev–Trinajstić information content (AvgIpc) is 3.14. The maximum Gasteiger partial charge on any atom is 0.319 e. The Balaban J connectivity index is 1.95. The molecule has 3 amide bonds. The van der Waals surface area contributed by atoms with Crippen LogP contribution in [0.3, 0.4) is 0 Å². The molecule has 1 aromatic carbocycles. The molecule has 2 rings (SSSR count). The number of hydrogen-bond acceptors (Lipinski definition) is 7. The van der Waals surface area contributed by atoms with Crippen molar-refractivity contribution < 1.29 is 28.2 Å². The molecule has 176 valence electrons. The van der Waals surface area contributed by atoms with Gasteiger partial charge in [0.05, 0.1) is 11.6 Å². The fourth-order valence-electron chi connectivity index (χ4n) is 2.72. The van der Waals surface area contributed by atoms with Gasteiger partial charge in [-0.25, -0.2) is 13.6 Å². The van der Waals surface area contributed by atoms with Crippen LogP contribution in [0.4, 0.5) is 18.6 Å². The molecule has 9 nitrogen and oxygen atoms in total. The Morgan fingerprint density at radius 1 is 1.31 bits per heavy atom. The number of primary amides is 1. The van der Waals surface area contributed by atoms with Crippen LogP contribution in [0.5, 0.6) is 5.88 Å². The van der Waals surface area contributed by atoms with Crippen molar-refractivity contribution in [1.29, 1.82) is 0 Å². The molecular weight excluding hydrogens is 468 g/mol. The zero-order valence-electron chi connectivity index (χ0n) is 17.3. The Morgan fingerprint density at radius 2 is 2.06 bits per heavy atom. The Kier molecular flexibility index (Phi) is 10.0. The van der Waals surface area contributed by atoms with Gasteiger partial charge in [-0.1, -0.05) is 18.5 Å². The van der Waals surface area contributed by atoms with Gasteiger partial charge in [-0.05, 0) is 43.2 Å². The average molecular weight is 492 g/mol. The van der Waals surface area contributed by atoms with Gasteiger partial charge in [0.1, 0.15) is 28.8 Å². The molecule has 2 aromatic rings. The normalized spacial score (nSPS) is 10.9. The highest BCUT2D eigenvalue weighted by Crippen LogP contribution is 2.31. The first-order chi connectivity index (χ1) is 15.3. The first-order valence-corrected chi connectivity index (χ1v) is 10.9. The van der Waals surface area contributed by atoms with Gasteiger partial charge in [-0.15, -0.1) is 0 Å². The summed E-state index contributed by atoms with van der Waals surface area (Å²) in [6, 6.07) is 1.12. The predicted octanol–water partition coefficient (Wildman–Crippen LogP) is 2.58. The molecule has 0 saturated heterocycles. The lowest BCUT2D eigenvalue weighted by Gasteiger charge is -2.18. The number of aliphatic hydroxyl groups is 1. The third-order valence-corrected chi connectivity index (χ3v) is 5.42. The lowest BCUT2D eigenvalue weighted by molar-refractivity contribution is 0.0996. The highest BCUT2D eigenvalue weighted by Gasteiger charge is 2.22. The van der Waals surface area contributed by atoms with Crippen molar-refractivity contribution in [2.24, 2.45) is 5.73 Å². The third-order valence-electron chi connectivity index (χ3n) is 4.39. The summed E-state index contributed by atoms with van der Waals surface area (Å²) in [6.45, 7) is 4.01. The molecule has 0 unspecified atom stereocenters. The number of carbonyl (C=O) groups excluding carboxylic acids is 2. The summed E-state index contributed by atoms with van der Waals surface area (Å²) in [4.78, 5) is 26.0. The Morgan fingerprint density at radius 3 is 2.72 bits per heavy atom. The van der Waals surface area contributed by atoms with Crippen molar-refractivity contribution >= 4 is 40.1 Å². The Bertz CT molecular complexity index is 947. The van der Waals surface area contributed by atoms with Gasteiger partial charge in [0.25, 0.3) is 5.91 Å². The number of hydrogen-bond donors (Lipinski definition) is 4. The molecule has 0 aliphatic carbocycles. The zero-order valence-corrected chi connectivity index (χ0v) is 18.9. The number of nitrogens with one attached hydrogen (secondary N) is 2. The van der Waals surface area contributed by atoms with Gasteiger partial charge in [0.2, 0.25) is 5.88 Å². The van der Waals surface area contributed by atoms with Gasteiger partial charge >= 0.3 is 6.03 Å². The zero-order chi connectivity index (χ0) is 23.7. The molecule has 0 saturated carbocycles. The number of aromatic nitrogens is 1. The van der Waals surface area contributed by atoms with Gasteiger partial charge in [-0.2, -0.15) is 4.37 Å². The third kappa shape index (κ3) is 7.26. The summed E-state index contributed by atoms with van der Waals surface area (Å²) in [5.41, 5.74) is 5.06. The summed E-state index contributed by atoms with van der Waals surface area (Å²) >= 11 is 6.28. The molecule has 0 aliphatic heterocycles. The number of amides is 3. The van der Waals surface area contributed by atoms with E-state index in [1.165, 1.54) is 0 Å². The molecule has 0 aliphatic rings. The van der Waals surface area contributed by atoms with Crippen LogP contribution in [-0.2, 0) is 6.61 Å². The number of ether oxygens (including phenoxy) is 1. The summed E-state index contributed by atoms with van der Waals surface area (Å²) in [7, 11) is 0. The van der Waals surface area contributed by atoms with Crippen molar-refractivity contribution in [1.82, 2.24) is 14.6 Å². The number of halogens is 3. The minimum Gasteiger partial charge on any atom is -0.471 e. The second-order valence-corrected chi connectivity index (χ2v) is 7.78. The number of anilines is 1. The van der Waals surface area contributed by atoms with Crippen molar-refractivity contribution in [3.63, 3.8) is 0 Å². The van der Waals surface area contributed by atoms with E-state index in [1.807, 2.05) is 11.8 Å². The number of aliphatic hydroxyl groups excluding tert-OH is 1. The quantitative estimate of drug-likeness (QED) is 0.267. The topological polar surface area (TPSA) is 130 Å². The van der Waals surface area contributed by atoms with Crippen LogP contribution < -0.4 is 21.1 Å². The van der Waals surface area contributed by atoms with E-state index < -0.39 is 30.2 Å². The predicted molar refractivity (Wildman–Crippen MR) is 117 cm³/mol. The van der Waals surface area contributed by atoms with Crippen LogP contribution in [-0.4, -0.2) is 59.1 Å². The van der Waals surface area contributed by atoms with Gasteiger partial charge in [0.15, 0.2) is 0 Å². The van der Waals surface area contributed by atoms with Crippen molar-refractivity contribution in [2.45, 2.75) is 20.0 Å². The summed E-state index contributed by atoms with van der Waals surface area (Å²) in [5, 5.41) is 13.8. The lowest BCUT2D eigenvalue weighted by atomic mass is 10.2. The van der Waals surface area contributed by atoms with Crippen LogP contribution >= 0.6 is 23.1 Å². The lowest BCUT2D eigenvalue weighted by Crippen LogP contribution is -2.33. The standard InChI is InChI=1S/C19H24ClF2N5O4S/c1-2-27(6-7-28)5-3-4-24-19(30)25-18-15(16(23)29)17(26-32-18)31-10-11-8-14(22)12(20)9-13(11)21/h8-9,28H,2-7,10H2,1H3,(H2,23,29)(H2,24,25,30). The van der Waals surface area contributed by atoms with Crippen LogP contribution in [0.1, 0.15) is 29.3 Å². The SMILES string of the molecule is CCN(CCO)CCCNC(=O)Nc1snc(OCc2cc(F)c(Cl)cc2F)c1C(N)=O. The highest BCUT2D eigenvalue weighted by molar-refractivity contribution is 7.11. The molecule has 0 atom stereocenters. The van der Waals surface area contributed by atoms with E-state index in [0.717, 1.165) is 30.2 Å². The fourth-order valence-corrected chi connectivity index (χ4v) is 3.60. The number of rotatable bonds is 12. The fraction of sp³-hybridized carbons (Fsp3) is 0.421. The molecule has 1 aromatic heterocycles. The summed E-state index contributed by atoms with van der Waals surface area (Å²) in [5.74, 6) is -2.73.